The molecule has 0 aliphatic carbocycles. The van der Waals surface area contributed by atoms with Crippen molar-refractivity contribution in [3.8, 4) is 11.5 Å². The molecule has 0 N–H and O–H groups in total. The van der Waals surface area contributed by atoms with Crippen molar-refractivity contribution in [3.05, 3.63) is 77.9 Å². The Morgan fingerprint density at radius 2 is 1.89 bits per heavy atom. The van der Waals surface area contributed by atoms with Gasteiger partial charge >= 0.3 is 0 Å². The zero-order valence-electron chi connectivity index (χ0n) is 15.1. The molecule has 0 radical (unpaired) electrons. The number of ether oxygens (including phenoxy) is 2. The number of aromatic nitrogens is 3. The van der Waals surface area contributed by atoms with Crippen LogP contribution in [0.25, 0.3) is 0 Å². The molecule has 1 aromatic heterocycles. The Labute approximate surface area is 172 Å². The minimum Gasteiger partial charge on any atom is -0.493 e. The monoisotopic (exact) mass is 419 g/mol. The molecule has 0 aliphatic rings. The first kappa shape index (κ1) is 20.2. The average molecular weight is 420 g/mol. The number of rotatable bonds is 10. The first-order valence-corrected chi connectivity index (χ1v) is 9.95. The maximum absolute atomic E-state index is 13.7. The van der Waals surface area contributed by atoms with Crippen LogP contribution in [0.4, 0.5) is 4.39 Å². The Hall–Kier alpha value is -2.51. The number of hydrogen-bond donors (Lipinski definition) is 0. The second-order valence-electron chi connectivity index (χ2n) is 5.67. The molecule has 0 fully saturated rings. The van der Waals surface area contributed by atoms with Crippen LogP contribution < -0.4 is 9.47 Å². The number of allylic oxidation sites excluding steroid dienone is 1. The molecule has 0 atom stereocenters. The Morgan fingerprint density at radius 3 is 2.64 bits per heavy atom. The summed E-state index contributed by atoms with van der Waals surface area (Å²) >= 11 is 7.38. The van der Waals surface area contributed by atoms with Gasteiger partial charge in [0.25, 0.3) is 0 Å². The molecule has 5 nitrogen and oxygen atoms in total. The minimum absolute atomic E-state index is 0.115. The number of halogens is 2. The molecule has 0 saturated carbocycles. The molecule has 146 valence electrons. The van der Waals surface area contributed by atoms with E-state index in [0.717, 1.165) is 10.9 Å². The van der Waals surface area contributed by atoms with Gasteiger partial charge in [0.15, 0.2) is 22.5 Å². The molecule has 3 aromatic rings. The van der Waals surface area contributed by atoms with Gasteiger partial charge in [-0.15, -0.1) is 16.8 Å². The predicted octanol–water partition coefficient (Wildman–Crippen LogP) is 5.01. The summed E-state index contributed by atoms with van der Waals surface area (Å²) in [5.74, 6) is 1.82. The third kappa shape index (κ3) is 5.50. The highest BCUT2D eigenvalue weighted by molar-refractivity contribution is 7.99. The van der Waals surface area contributed by atoms with E-state index >= 15 is 0 Å². The average Bonchev–Trinajstić information content (AvgIpc) is 3.08. The van der Waals surface area contributed by atoms with Gasteiger partial charge in [0.1, 0.15) is 12.4 Å². The zero-order chi connectivity index (χ0) is 19.8. The molecule has 0 spiro atoms. The van der Waals surface area contributed by atoms with Crippen molar-refractivity contribution in [1.82, 2.24) is 14.8 Å². The Kier molecular flexibility index (Phi) is 7.33. The van der Waals surface area contributed by atoms with Gasteiger partial charge < -0.3 is 9.47 Å². The lowest BCUT2D eigenvalue weighted by molar-refractivity contribution is 0.275. The summed E-state index contributed by atoms with van der Waals surface area (Å²) in [6.45, 7) is 4.93. The smallest absolute Gasteiger partial charge is 0.191 e. The highest BCUT2D eigenvalue weighted by atomic mass is 35.5. The van der Waals surface area contributed by atoms with Crippen molar-refractivity contribution < 1.29 is 13.9 Å². The third-order valence-corrected chi connectivity index (χ3v) is 4.88. The summed E-state index contributed by atoms with van der Waals surface area (Å²) in [5, 5.41) is 9.77. The number of benzene rings is 2. The number of thioether (sulfide) groups is 1. The van der Waals surface area contributed by atoms with Crippen LogP contribution in [0, 0.1) is 5.82 Å². The molecule has 0 unspecified atom stereocenters. The molecular formula is C20H19ClFN3O2S. The number of hydrogen-bond acceptors (Lipinski definition) is 5. The lowest BCUT2D eigenvalue weighted by atomic mass is 10.3. The lowest BCUT2D eigenvalue weighted by Crippen LogP contribution is -2.08. The van der Waals surface area contributed by atoms with Crippen LogP contribution >= 0.6 is 23.4 Å². The predicted molar refractivity (Wildman–Crippen MR) is 109 cm³/mol. The topological polar surface area (TPSA) is 49.2 Å². The quantitative estimate of drug-likeness (QED) is 0.263. The van der Waals surface area contributed by atoms with E-state index in [9.17, 15) is 4.39 Å². The largest absolute Gasteiger partial charge is 0.493 e. The van der Waals surface area contributed by atoms with E-state index in [-0.39, 0.29) is 12.4 Å². The normalized spacial score (nSPS) is 10.6. The SMILES string of the molecule is C=CCn1c(COc2ccccc2F)nnc1SCCOc1ccc(Cl)cc1. The summed E-state index contributed by atoms with van der Waals surface area (Å²) in [6.07, 6.45) is 1.75. The van der Waals surface area contributed by atoms with Crippen molar-refractivity contribution in [2.24, 2.45) is 0 Å². The summed E-state index contributed by atoms with van der Waals surface area (Å²) < 4.78 is 26.8. The van der Waals surface area contributed by atoms with Gasteiger partial charge in [-0.05, 0) is 36.4 Å². The first-order chi connectivity index (χ1) is 13.7. The molecule has 0 bridgehead atoms. The third-order valence-electron chi connectivity index (χ3n) is 3.70. The van der Waals surface area contributed by atoms with Crippen LogP contribution in [0.3, 0.4) is 0 Å². The maximum atomic E-state index is 13.7. The van der Waals surface area contributed by atoms with E-state index in [1.54, 1.807) is 36.4 Å². The fourth-order valence-corrected chi connectivity index (χ4v) is 3.28. The molecular weight excluding hydrogens is 401 g/mol. The first-order valence-electron chi connectivity index (χ1n) is 8.59. The van der Waals surface area contributed by atoms with Crippen molar-refractivity contribution in [1.29, 1.82) is 0 Å². The van der Waals surface area contributed by atoms with Crippen LogP contribution in [0.15, 0.2) is 66.3 Å². The lowest BCUT2D eigenvalue weighted by Gasteiger charge is -2.10. The van der Waals surface area contributed by atoms with Crippen LogP contribution in [-0.2, 0) is 13.2 Å². The van der Waals surface area contributed by atoms with Crippen molar-refractivity contribution in [3.63, 3.8) is 0 Å². The van der Waals surface area contributed by atoms with Crippen molar-refractivity contribution >= 4 is 23.4 Å². The van der Waals surface area contributed by atoms with Gasteiger partial charge in [-0.1, -0.05) is 41.6 Å². The highest BCUT2D eigenvalue weighted by Gasteiger charge is 2.13. The van der Waals surface area contributed by atoms with Gasteiger partial charge in [0, 0.05) is 17.3 Å². The van der Waals surface area contributed by atoms with Crippen LogP contribution in [0.2, 0.25) is 5.02 Å². The van der Waals surface area contributed by atoms with E-state index in [0.29, 0.717) is 29.8 Å². The summed E-state index contributed by atoms with van der Waals surface area (Å²) in [5.41, 5.74) is 0. The maximum Gasteiger partial charge on any atom is 0.191 e. The summed E-state index contributed by atoms with van der Waals surface area (Å²) in [6, 6.07) is 13.5. The fourth-order valence-electron chi connectivity index (χ4n) is 2.37. The van der Waals surface area contributed by atoms with Crippen molar-refractivity contribution in [2.75, 3.05) is 12.4 Å². The minimum atomic E-state index is -0.411. The van der Waals surface area contributed by atoms with Gasteiger partial charge in [-0.2, -0.15) is 0 Å². The second-order valence-corrected chi connectivity index (χ2v) is 7.17. The zero-order valence-corrected chi connectivity index (χ0v) is 16.6. The Bertz CT molecular complexity index is 918. The highest BCUT2D eigenvalue weighted by Crippen LogP contribution is 2.21. The molecule has 0 aliphatic heterocycles. The van der Waals surface area contributed by atoms with Gasteiger partial charge in [0.05, 0.1) is 6.61 Å². The Morgan fingerprint density at radius 1 is 1.11 bits per heavy atom. The van der Waals surface area contributed by atoms with Crippen molar-refractivity contribution in [2.45, 2.75) is 18.3 Å². The number of nitrogens with zero attached hydrogens (tertiary/aromatic N) is 3. The van der Waals surface area contributed by atoms with E-state index in [4.69, 9.17) is 21.1 Å². The van der Waals surface area contributed by atoms with E-state index in [1.165, 1.54) is 17.8 Å². The molecule has 3 rings (SSSR count). The van der Waals surface area contributed by atoms with Gasteiger partial charge in [-0.3, -0.25) is 4.57 Å². The molecule has 0 saturated heterocycles. The number of para-hydroxylation sites is 1. The van der Waals surface area contributed by atoms with Crippen LogP contribution in [0.5, 0.6) is 11.5 Å². The standard InChI is InChI=1S/C20H19ClFN3O2S/c1-2-11-25-19(14-27-18-6-4-3-5-17(18)22)23-24-20(25)28-13-12-26-16-9-7-15(21)8-10-16/h2-10H,1,11-14H2. The summed E-state index contributed by atoms with van der Waals surface area (Å²) in [7, 11) is 0. The molecule has 0 amide bonds. The van der Waals surface area contributed by atoms with Gasteiger partial charge in [0.2, 0.25) is 0 Å². The fraction of sp³-hybridized carbons (Fsp3) is 0.200. The van der Waals surface area contributed by atoms with Crippen LogP contribution in [-0.4, -0.2) is 27.1 Å². The van der Waals surface area contributed by atoms with Gasteiger partial charge in [-0.25, -0.2) is 4.39 Å². The second kappa shape index (κ2) is 10.1. The molecule has 28 heavy (non-hydrogen) atoms. The van der Waals surface area contributed by atoms with Crippen LogP contribution in [0.1, 0.15) is 5.82 Å². The molecule has 1 heterocycles. The summed E-state index contributed by atoms with van der Waals surface area (Å²) in [4.78, 5) is 0. The Balaban J connectivity index is 1.56. The molecule has 8 heteroatoms. The van der Waals surface area contributed by atoms with E-state index < -0.39 is 5.82 Å². The molecule has 2 aromatic carbocycles. The van der Waals surface area contributed by atoms with E-state index in [1.807, 2.05) is 16.7 Å². The van der Waals surface area contributed by atoms with E-state index in [2.05, 4.69) is 16.8 Å².